The van der Waals surface area contributed by atoms with E-state index in [0.29, 0.717) is 11.1 Å². The SMILES string of the molecule is O=C(/C=C/c1cccc(F)c1)OCC(=O)c1ccc(I)cc1. The summed E-state index contributed by atoms with van der Waals surface area (Å²) >= 11 is 2.14. The number of hydrogen-bond donors (Lipinski definition) is 0. The molecule has 112 valence electrons. The topological polar surface area (TPSA) is 43.4 Å². The van der Waals surface area contributed by atoms with Gasteiger partial charge in [0.2, 0.25) is 0 Å². The molecule has 5 heteroatoms. The van der Waals surface area contributed by atoms with Crippen molar-refractivity contribution in [3.8, 4) is 0 Å². The van der Waals surface area contributed by atoms with E-state index < -0.39 is 5.97 Å². The molecular weight excluding hydrogens is 398 g/mol. The molecule has 0 bridgehead atoms. The molecule has 2 aromatic rings. The number of carbonyl (C=O) groups excluding carboxylic acids is 2. The van der Waals surface area contributed by atoms with Crippen molar-refractivity contribution < 1.29 is 18.7 Å². The molecule has 0 unspecified atom stereocenters. The van der Waals surface area contributed by atoms with Crippen LogP contribution in [0.2, 0.25) is 0 Å². The number of rotatable bonds is 5. The molecule has 0 saturated carbocycles. The van der Waals surface area contributed by atoms with Crippen LogP contribution >= 0.6 is 22.6 Å². The Balaban J connectivity index is 1.87. The Labute approximate surface area is 140 Å². The summed E-state index contributed by atoms with van der Waals surface area (Å²) in [5, 5.41) is 0. The van der Waals surface area contributed by atoms with Crippen molar-refractivity contribution in [3.63, 3.8) is 0 Å². The van der Waals surface area contributed by atoms with Crippen LogP contribution in [0.15, 0.2) is 54.6 Å². The number of hydrogen-bond acceptors (Lipinski definition) is 3. The van der Waals surface area contributed by atoms with Gasteiger partial charge in [-0.15, -0.1) is 0 Å². The third-order valence-corrected chi connectivity index (χ3v) is 3.49. The van der Waals surface area contributed by atoms with Crippen LogP contribution in [0.1, 0.15) is 15.9 Å². The van der Waals surface area contributed by atoms with Crippen LogP contribution < -0.4 is 0 Å². The zero-order valence-electron chi connectivity index (χ0n) is 11.5. The second-order valence-corrected chi connectivity index (χ2v) is 5.67. The smallest absolute Gasteiger partial charge is 0.331 e. The van der Waals surface area contributed by atoms with E-state index in [1.54, 1.807) is 36.4 Å². The van der Waals surface area contributed by atoms with Crippen LogP contribution in [-0.2, 0) is 9.53 Å². The monoisotopic (exact) mass is 410 g/mol. The minimum absolute atomic E-state index is 0.274. The zero-order chi connectivity index (χ0) is 15.9. The van der Waals surface area contributed by atoms with Gasteiger partial charge in [-0.05, 0) is 58.5 Å². The molecule has 0 heterocycles. The Hall–Kier alpha value is -2.02. The predicted molar refractivity (Wildman–Crippen MR) is 89.9 cm³/mol. The van der Waals surface area contributed by atoms with Gasteiger partial charge in [0.25, 0.3) is 0 Å². The first-order chi connectivity index (χ1) is 10.5. The first-order valence-electron chi connectivity index (χ1n) is 6.44. The highest BCUT2D eigenvalue weighted by Gasteiger charge is 2.08. The quantitative estimate of drug-likeness (QED) is 0.326. The lowest BCUT2D eigenvalue weighted by molar-refractivity contribution is -0.136. The molecule has 0 aliphatic carbocycles. The highest BCUT2D eigenvalue weighted by Crippen LogP contribution is 2.08. The molecule has 22 heavy (non-hydrogen) atoms. The van der Waals surface area contributed by atoms with E-state index in [9.17, 15) is 14.0 Å². The van der Waals surface area contributed by atoms with Gasteiger partial charge in [-0.2, -0.15) is 0 Å². The van der Waals surface area contributed by atoms with Gasteiger partial charge >= 0.3 is 5.97 Å². The third-order valence-electron chi connectivity index (χ3n) is 2.77. The average Bonchev–Trinajstić information content (AvgIpc) is 2.51. The minimum Gasteiger partial charge on any atom is -0.454 e. The summed E-state index contributed by atoms with van der Waals surface area (Å²) < 4.78 is 18.9. The van der Waals surface area contributed by atoms with Crippen LogP contribution in [-0.4, -0.2) is 18.4 Å². The number of ether oxygens (including phenoxy) is 1. The Bertz CT molecular complexity index is 708. The fourth-order valence-electron chi connectivity index (χ4n) is 1.68. The van der Waals surface area contributed by atoms with E-state index in [4.69, 9.17) is 4.74 Å². The molecule has 0 fully saturated rings. The standard InChI is InChI=1S/C17H12FIO3/c18-14-3-1-2-12(10-14)4-9-17(21)22-11-16(20)13-5-7-15(19)8-6-13/h1-10H,11H2/b9-4+. The molecule has 3 nitrogen and oxygen atoms in total. The number of halogens is 2. The van der Waals surface area contributed by atoms with Crippen LogP contribution in [0.3, 0.4) is 0 Å². The summed E-state index contributed by atoms with van der Waals surface area (Å²) in [5.41, 5.74) is 1.03. The van der Waals surface area contributed by atoms with E-state index in [1.807, 2.05) is 0 Å². The van der Waals surface area contributed by atoms with Gasteiger partial charge in [-0.1, -0.05) is 24.3 Å². The van der Waals surface area contributed by atoms with E-state index in [-0.39, 0.29) is 18.2 Å². The molecule has 2 aromatic carbocycles. The molecule has 0 saturated heterocycles. The molecular formula is C17H12FIO3. The predicted octanol–water partition coefficient (Wildman–Crippen LogP) is 3.87. The summed E-state index contributed by atoms with van der Waals surface area (Å²) in [6.45, 7) is -0.326. The number of carbonyl (C=O) groups is 2. The minimum atomic E-state index is -0.650. The second kappa shape index (κ2) is 7.84. The fourth-order valence-corrected chi connectivity index (χ4v) is 2.04. The van der Waals surface area contributed by atoms with Gasteiger partial charge in [0.1, 0.15) is 5.82 Å². The molecule has 0 aliphatic heterocycles. The maximum Gasteiger partial charge on any atom is 0.331 e. The van der Waals surface area contributed by atoms with E-state index in [0.717, 1.165) is 9.65 Å². The molecule has 0 spiro atoms. The van der Waals surface area contributed by atoms with Gasteiger partial charge in [0.05, 0.1) is 0 Å². The molecule has 0 aromatic heterocycles. The highest BCUT2D eigenvalue weighted by molar-refractivity contribution is 14.1. The Morgan fingerprint density at radius 3 is 2.55 bits per heavy atom. The van der Waals surface area contributed by atoms with Crippen molar-refractivity contribution in [1.29, 1.82) is 0 Å². The summed E-state index contributed by atoms with van der Waals surface area (Å²) in [6, 6.07) is 12.8. The van der Waals surface area contributed by atoms with Crippen molar-refractivity contribution in [2.45, 2.75) is 0 Å². The largest absolute Gasteiger partial charge is 0.454 e. The maximum atomic E-state index is 13.0. The average molecular weight is 410 g/mol. The number of Topliss-reactive ketones (excluding diaryl/α,β-unsaturated/α-hetero) is 1. The van der Waals surface area contributed by atoms with E-state index in [1.165, 1.54) is 18.2 Å². The third kappa shape index (κ3) is 5.07. The van der Waals surface area contributed by atoms with Gasteiger partial charge in [-0.25, -0.2) is 9.18 Å². The van der Waals surface area contributed by atoms with Crippen molar-refractivity contribution in [2.75, 3.05) is 6.61 Å². The van der Waals surface area contributed by atoms with Crippen LogP contribution in [0.25, 0.3) is 6.08 Å². The molecule has 0 N–H and O–H groups in total. The highest BCUT2D eigenvalue weighted by atomic mass is 127. The molecule has 0 amide bonds. The lowest BCUT2D eigenvalue weighted by Gasteiger charge is -2.02. The number of ketones is 1. The first kappa shape index (κ1) is 16.4. The summed E-state index contributed by atoms with van der Waals surface area (Å²) in [7, 11) is 0. The first-order valence-corrected chi connectivity index (χ1v) is 7.51. The van der Waals surface area contributed by atoms with Gasteiger partial charge in [0, 0.05) is 15.2 Å². The Morgan fingerprint density at radius 2 is 1.86 bits per heavy atom. The summed E-state index contributed by atoms with van der Waals surface area (Å²) in [5.74, 6) is -1.31. The molecule has 2 rings (SSSR count). The zero-order valence-corrected chi connectivity index (χ0v) is 13.6. The van der Waals surface area contributed by atoms with E-state index >= 15 is 0 Å². The molecule has 0 aliphatic rings. The second-order valence-electron chi connectivity index (χ2n) is 4.43. The summed E-state index contributed by atoms with van der Waals surface area (Å²) in [4.78, 5) is 23.4. The van der Waals surface area contributed by atoms with Crippen molar-refractivity contribution in [1.82, 2.24) is 0 Å². The number of esters is 1. The van der Waals surface area contributed by atoms with Crippen LogP contribution in [0.5, 0.6) is 0 Å². The Kier molecular flexibility index (Phi) is 5.83. The van der Waals surface area contributed by atoms with E-state index in [2.05, 4.69) is 22.6 Å². The van der Waals surface area contributed by atoms with Crippen LogP contribution in [0.4, 0.5) is 4.39 Å². The number of benzene rings is 2. The summed E-state index contributed by atoms with van der Waals surface area (Å²) in [6.07, 6.45) is 2.59. The van der Waals surface area contributed by atoms with Gasteiger partial charge in [-0.3, -0.25) is 4.79 Å². The van der Waals surface area contributed by atoms with Gasteiger partial charge < -0.3 is 4.74 Å². The Morgan fingerprint density at radius 1 is 1.14 bits per heavy atom. The maximum absolute atomic E-state index is 13.0. The lowest BCUT2D eigenvalue weighted by atomic mass is 10.1. The van der Waals surface area contributed by atoms with Crippen molar-refractivity contribution >= 4 is 40.4 Å². The lowest BCUT2D eigenvalue weighted by Crippen LogP contribution is -2.12. The van der Waals surface area contributed by atoms with Crippen LogP contribution in [0, 0.1) is 9.39 Å². The van der Waals surface area contributed by atoms with Crippen molar-refractivity contribution in [3.05, 3.63) is 75.1 Å². The fraction of sp³-hybridized carbons (Fsp3) is 0.0588. The molecule has 0 radical (unpaired) electrons. The van der Waals surface area contributed by atoms with Gasteiger partial charge in [0.15, 0.2) is 12.4 Å². The molecule has 0 atom stereocenters. The van der Waals surface area contributed by atoms with Crippen molar-refractivity contribution in [2.24, 2.45) is 0 Å². The normalized spacial score (nSPS) is 10.6.